The van der Waals surface area contributed by atoms with Crippen LogP contribution in [0.5, 0.6) is 5.75 Å². The van der Waals surface area contributed by atoms with Crippen molar-refractivity contribution in [1.82, 2.24) is 0 Å². The third-order valence-electron chi connectivity index (χ3n) is 3.63. The molecule has 0 unspecified atom stereocenters. The molecule has 0 spiro atoms. The Morgan fingerprint density at radius 3 is 2.28 bits per heavy atom. The summed E-state index contributed by atoms with van der Waals surface area (Å²) in [7, 11) is -2.71. The first-order valence-electron chi connectivity index (χ1n) is 8.72. The molecule has 9 nitrogen and oxygen atoms in total. The quantitative estimate of drug-likeness (QED) is 0.627. The zero-order valence-corrected chi connectivity index (χ0v) is 17.0. The molecule has 0 radical (unpaired) electrons. The van der Waals surface area contributed by atoms with E-state index in [2.05, 4.69) is 14.8 Å². The topological polar surface area (TPSA) is 120 Å². The normalized spacial score (nSPS) is 10.7. The minimum absolute atomic E-state index is 0.0928. The lowest BCUT2D eigenvalue weighted by atomic mass is 10.2. The van der Waals surface area contributed by atoms with Crippen molar-refractivity contribution in [2.24, 2.45) is 0 Å². The number of sulfonamides is 1. The number of amides is 1. The molecule has 2 rings (SSSR count). The van der Waals surface area contributed by atoms with Gasteiger partial charge in [0.15, 0.2) is 0 Å². The second-order valence-corrected chi connectivity index (χ2v) is 7.29. The highest BCUT2D eigenvalue weighted by molar-refractivity contribution is 7.92. The van der Waals surface area contributed by atoms with Crippen LogP contribution in [0.4, 0.5) is 16.2 Å². The maximum absolute atomic E-state index is 12.7. The van der Waals surface area contributed by atoms with Crippen molar-refractivity contribution in [2.75, 3.05) is 30.4 Å². The first kappa shape index (κ1) is 22.0. The second-order valence-electron chi connectivity index (χ2n) is 5.61. The van der Waals surface area contributed by atoms with Gasteiger partial charge in [-0.15, -0.1) is 0 Å². The van der Waals surface area contributed by atoms with Crippen LogP contribution < -0.4 is 14.8 Å². The molecule has 2 aromatic rings. The minimum Gasteiger partial charge on any atom is -0.492 e. The summed E-state index contributed by atoms with van der Waals surface area (Å²) in [6.45, 7) is 3.91. The SMILES string of the molecule is CCOC(=O)Nc1cc(S(=O)(=O)Nc2ccc(C(=O)OC)cc2)ccc1OCC. The van der Waals surface area contributed by atoms with E-state index in [1.54, 1.807) is 13.8 Å². The van der Waals surface area contributed by atoms with E-state index < -0.39 is 22.1 Å². The zero-order valence-electron chi connectivity index (χ0n) is 16.2. The summed E-state index contributed by atoms with van der Waals surface area (Å²) in [5.74, 6) is -0.220. The molecule has 1 amide bonds. The molecule has 10 heteroatoms. The van der Waals surface area contributed by atoms with Crippen LogP contribution in [0.1, 0.15) is 24.2 Å². The van der Waals surface area contributed by atoms with Gasteiger partial charge in [-0.1, -0.05) is 0 Å². The van der Waals surface area contributed by atoms with Crippen molar-refractivity contribution in [2.45, 2.75) is 18.7 Å². The number of methoxy groups -OCH3 is 1. The van der Waals surface area contributed by atoms with E-state index >= 15 is 0 Å². The predicted molar refractivity (Wildman–Crippen MR) is 107 cm³/mol. The summed E-state index contributed by atoms with van der Waals surface area (Å²) in [6.07, 6.45) is -0.727. The Balaban J connectivity index is 2.28. The maximum atomic E-state index is 12.7. The van der Waals surface area contributed by atoms with Crippen molar-refractivity contribution < 1.29 is 32.2 Å². The van der Waals surface area contributed by atoms with Gasteiger partial charge in [-0.25, -0.2) is 18.0 Å². The van der Waals surface area contributed by atoms with Crippen molar-refractivity contribution >= 4 is 33.5 Å². The standard InChI is InChI=1S/C19H22N2O7S/c1-4-27-17-11-10-15(12-16(17)20-19(23)28-5-2)29(24,25)21-14-8-6-13(7-9-14)18(22)26-3/h6-12,21H,4-5H2,1-3H3,(H,20,23). The molecule has 2 aromatic carbocycles. The average Bonchev–Trinajstić information content (AvgIpc) is 2.69. The number of benzene rings is 2. The van der Waals surface area contributed by atoms with Crippen molar-refractivity contribution in [3.05, 3.63) is 48.0 Å². The first-order chi connectivity index (χ1) is 13.8. The number of carbonyl (C=O) groups excluding carboxylic acids is 2. The lowest BCUT2D eigenvalue weighted by molar-refractivity contribution is 0.0600. The van der Waals surface area contributed by atoms with Gasteiger partial charge >= 0.3 is 12.1 Å². The molecule has 0 heterocycles. The van der Waals surface area contributed by atoms with Gasteiger partial charge < -0.3 is 14.2 Å². The average molecular weight is 422 g/mol. The van der Waals surface area contributed by atoms with Gasteiger partial charge in [-0.2, -0.15) is 0 Å². The molecular formula is C19H22N2O7S. The van der Waals surface area contributed by atoms with Gasteiger partial charge in [0.1, 0.15) is 5.75 Å². The van der Waals surface area contributed by atoms with E-state index in [0.717, 1.165) is 0 Å². The Kier molecular flexibility index (Phi) is 7.43. The lowest BCUT2D eigenvalue weighted by Gasteiger charge is -2.14. The second kappa shape index (κ2) is 9.78. The van der Waals surface area contributed by atoms with Crippen LogP contribution in [0.3, 0.4) is 0 Å². The number of hydrogen-bond acceptors (Lipinski definition) is 7. The summed E-state index contributed by atoms with van der Waals surface area (Å²) in [6, 6.07) is 9.83. The number of carbonyl (C=O) groups is 2. The van der Waals surface area contributed by atoms with Gasteiger partial charge in [0, 0.05) is 5.69 Å². The molecular weight excluding hydrogens is 400 g/mol. The molecule has 0 atom stereocenters. The number of rotatable bonds is 8. The highest BCUT2D eigenvalue weighted by Crippen LogP contribution is 2.29. The molecule has 0 fully saturated rings. The fraction of sp³-hybridized carbons (Fsp3) is 0.263. The fourth-order valence-corrected chi connectivity index (χ4v) is 3.42. The van der Waals surface area contributed by atoms with Crippen LogP contribution in [0.2, 0.25) is 0 Å². The Morgan fingerprint density at radius 2 is 1.69 bits per heavy atom. The van der Waals surface area contributed by atoms with Gasteiger partial charge in [-0.3, -0.25) is 10.0 Å². The van der Waals surface area contributed by atoms with Crippen LogP contribution in [0.25, 0.3) is 0 Å². The Hall–Kier alpha value is -3.27. The smallest absolute Gasteiger partial charge is 0.411 e. The highest BCUT2D eigenvalue weighted by Gasteiger charge is 2.18. The maximum Gasteiger partial charge on any atom is 0.411 e. The molecule has 0 aromatic heterocycles. The molecule has 0 aliphatic carbocycles. The number of ether oxygens (including phenoxy) is 3. The van der Waals surface area contributed by atoms with Crippen molar-refractivity contribution in [1.29, 1.82) is 0 Å². The largest absolute Gasteiger partial charge is 0.492 e. The fourth-order valence-electron chi connectivity index (χ4n) is 2.34. The van der Waals surface area contributed by atoms with Crippen LogP contribution in [-0.4, -0.2) is 40.8 Å². The van der Waals surface area contributed by atoms with E-state index in [0.29, 0.717) is 12.4 Å². The summed E-state index contributed by atoms with van der Waals surface area (Å²) < 4.78 is 42.7. The molecule has 2 N–H and O–H groups in total. The molecule has 156 valence electrons. The number of nitrogens with one attached hydrogen (secondary N) is 2. The third kappa shape index (κ3) is 5.85. The van der Waals surface area contributed by atoms with Crippen LogP contribution in [0.15, 0.2) is 47.4 Å². The van der Waals surface area contributed by atoms with Gasteiger partial charge in [0.2, 0.25) is 0 Å². The number of esters is 1. The minimum atomic E-state index is -3.97. The van der Waals surface area contributed by atoms with Gasteiger partial charge in [0.05, 0.1) is 36.5 Å². The van der Waals surface area contributed by atoms with E-state index in [9.17, 15) is 18.0 Å². The van der Waals surface area contributed by atoms with Crippen LogP contribution in [0, 0.1) is 0 Å². The first-order valence-corrected chi connectivity index (χ1v) is 10.2. The number of anilines is 2. The molecule has 0 saturated heterocycles. The van der Waals surface area contributed by atoms with Gasteiger partial charge in [-0.05, 0) is 56.3 Å². The molecule has 29 heavy (non-hydrogen) atoms. The summed E-state index contributed by atoms with van der Waals surface area (Å²) >= 11 is 0. The van der Waals surface area contributed by atoms with Crippen LogP contribution in [-0.2, 0) is 19.5 Å². The monoisotopic (exact) mass is 422 g/mol. The number of hydrogen-bond donors (Lipinski definition) is 2. The summed E-state index contributed by atoms with van der Waals surface area (Å²) in [4.78, 5) is 23.1. The molecule has 0 saturated carbocycles. The van der Waals surface area contributed by atoms with Crippen molar-refractivity contribution in [3.63, 3.8) is 0 Å². The Morgan fingerprint density at radius 1 is 1.00 bits per heavy atom. The van der Waals surface area contributed by atoms with E-state index in [1.807, 2.05) is 0 Å². The molecule has 0 aliphatic rings. The van der Waals surface area contributed by atoms with E-state index in [-0.39, 0.29) is 28.4 Å². The molecule has 0 aliphatic heterocycles. The molecule has 0 bridgehead atoms. The van der Waals surface area contributed by atoms with Crippen molar-refractivity contribution in [3.8, 4) is 5.75 Å². The third-order valence-corrected chi connectivity index (χ3v) is 5.01. The Bertz CT molecular complexity index is 973. The highest BCUT2D eigenvalue weighted by atomic mass is 32.2. The van der Waals surface area contributed by atoms with Gasteiger partial charge in [0.25, 0.3) is 10.0 Å². The summed E-state index contributed by atoms with van der Waals surface area (Å²) in [5.41, 5.74) is 0.707. The predicted octanol–water partition coefficient (Wildman–Crippen LogP) is 3.24. The van der Waals surface area contributed by atoms with E-state index in [1.165, 1.54) is 49.6 Å². The summed E-state index contributed by atoms with van der Waals surface area (Å²) in [5, 5.41) is 2.47. The Labute approximate surface area is 169 Å². The van der Waals surface area contributed by atoms with E-state index in [4.69, 9.17) is 9.47 Å². The zero-order chi connectivity index (χ0) is 21.4. The van der Waals surface area contributed by atoms with Crippen LogP contribution >= 0.6 is 0 Å². The lowest BCUT2D eigenvalue weighted by Crippen LogP contribution is -2.16.